The van der Waals surface area contributed by atoms with Crippen molar-refractivity contribution in [2.24, 2.45) is 12.0 Å². The van der Waals surface area contributed by atoms with E-state index < -0.39 is 18.0 Å². The van der Waals surface area contributed by atoms with E-state index in [4.69, 9.17) is 0 Å². The van der Waals surface area contributed by atoms with Crippen LogP contribution in [0.1, 0.15) is 18.4 Å². The van der Waals surface area contributed by atoms with Crippen molar-refractivity contribution in [2.75, 3.05) is 18.4 Å². The van der Waals surface area contributed by atoms with Crippen molar-refractivity contribution in [3.63, 3.8) is 0 Å². The number of allylic oxidation sites excluding steroid dienone is 1. The molecule has 2 aromatic rings. The zero-order valence-corrected chi connectivity index (χ0v) is 18.3. The second kappa shape index (κ2) is 8.64. The maximum Gasteiger partial charge on any atom is 0.419 e. The molecule has 3 heterocycles. The van der Waals surface area contributed by atoms with Crippen molar-refractivity contribution in [2.45, 2.75) is 31.3 Å². The highest BCUT2D eigenvalue weighted by Crippen LogP contribution is 2.39. The zero-order chi connectivity index (χ0) is 22.2. The third kappa shape index (κ3) is 4.35. The Bertz CT molecular complexity index is 1060. The van der Waals surface area contributed by atoms with Crippen molar-refractivity contribution >= 4 is 50.8 Å². The predicted octanol–water partition coefficient (Wildman–Crippen LogP) is 3.08. The molecule has 31 heavy (non-hydrogen) atoms. The monoisotopic (exact) mass is 498 g/mol. The minimum absolute atomic E-state index is 0.0302. The lowest BCUT2D eigenvalue weighted by molar-refractivity contribution is -0.105. The van der Waals surface area contributed by atoms with Gasteiger partial charge < -0.3 is 20.5 Å². The molecule has 2 aliphatic heterocycles. The number of rotatable bonds is 5. The molecular weight excluding hydrogens is 477 g/mol. The molecule has 1 aromatic carbocycles. The Morgan fingerprint density at radius 2 is 2.16 bits per heavy atom. The summed E-state index contributed by atoms with van der Waals surface area (Å²) in [6, 6.07) is 3.47. The topological polar surface area (TPSA) is 82.5 Å². The van der Waals surface area contributed by atoms with Crippen molar-refractivity contribution in [1.29, 1.82) is 0 Å². The number of nitrogens with zero attached hydrogens (tertiary/aromatic N) is 2. The summed E-state index contributed by atoms with van der Waals surface area (Å²) in [5, 5.41) is 12.7. The number of hydrogen-bond donors (Lipinski definition) is 4. The number of aliphatic imine (C=N–C) groups is 1. The van der Waals surface area contributed by atoms with E-state index in [-0.39, 0.29) is 11.7 Å². The van der Waals surface area contributed by atoms with Gasteiger partial charge in [-0.1, -0.05) is 6.07 Å². The first kappa shape index (κ1) is 21.8. The lowest BCUT2D eigenvalue weighted by Crippen LogP contribution is -2.52. The van der Waals surface area contributed by atoms with E-state index in [2.05, 4.69) is 42.2 Å². The summed E-state index contributed by atoms with van der Waals surface area (Å²) in [4.78, 5) is 14.9. The highest BCUT2D eigenvalue weighted by atomic mass is 79.9. The molecule has 0 spiro atoms. The molecule has 1 fully saturated rings. The summed E-state index contributed by atoms with van der Waals surface area (Å²) in [6.45, 7) is 1.68. The fourth-order valence-electron chi connectivity index (χ4n) is 4.03. The van der Waals surface area contributed by atoms with Crippen LogP contribution < -0.4 is 21.3 Å². The summed E-state index contributed by atoms with van der Waals surface area (Å²) in [5.74, 6) is 0. The lowest BCUT2D eigenvalue weighted by atomic mass is 10.0. The van der Waals surface area contributed by atoms with Gasteiger partial charge in [0.05, 0.1) is 26.9 Å². The van der Waals surface area contributed by atoms with Crippen LogP contribution in [-0.4, -0.2) is 48.8 Å². The van der Waals surface area contributed by atoms with E-state index in [9.17, 15) is 18.0 Å². The first-order valence-corrected chi connectivity index (χ1v) is 10.6. The molecule has 2 aliphatic rings. The molecule has 166 valence electrons. The van der Waals surface area contributed by atoms with Crippen molar-refractivity contribution < 1.29 is 18.0 Å². The van der Waals surface area contributed by atoms with Gasteiger partial charge in [0.2, 0.25) is 6.41 Å². The Labute approximate surface area is 185 Å². The SMILES string of the molecule is Cn1cc(C2=C(C(F)(F)F)C=NC(NC3CCCNC3)N2)c2ccc(NC=O)c(Br)c21. The number of aryl methyl sites for hydroxylation is 1. The van der Waals surface area contributed by atoms with Gasteiger partial charge in [-0.2, -0.15) is 13.2 Å². The summed E-state index contributed by atoms with van der Waals surface area (Å²) >= 11 is 3.46. The Hall–Kier alpha value is -2.37. The summed E-state index contributed by atoms with van der Waals surface area (Å²) in [7, 11) is 1.75. The molecule has 0 aliphatic carbocycles. The van der Waals surface area contributed by atoms with E-state index in [1.807, 2.05) is 0 Å². The van der Waals surface area contributed by atoms with Gasteiger partial charge in [0, 0.05) is 43.0 Å². The van der Waals surface area contributed by atoms with E-state index in [1.54, 1.807) is 29.9 Å². The number of benzene rings is 1. The number of carbonyl (C=O) groups excluding carboxylic acids is 1. The lowest BCUT2D eigenvalue weighted by Gasteiger charge is -2.31. The van der Waals surface area contributed by atoms with Gasteiger partial charge >= 0.3 is 6.18 Å². The number of fused-ring (bicyclic) bond motifs is 1. The van der Waals surface area contributed by atoms with Crippen molar-refractivity contribution in [3.8, 4) is 0 Å². The van der Waals surface area contributed by atoms with Crippen LogP contribution in [-0.2, 0) is 11.8 Å². The maximum atomic E-state index is 13.8. The fraction of sp³-hybridized carbons (Fsp3) is 0.400. The van der Waals surface area contributed by atoms with Crippen LogP contribution in [0, 0.1) is 0 Å². The predicted molar refractivity (Wildman–Crippen MR) is 118 cm³/mol. The number of carbonyl (C=O) groups is 1. The number of anilines is 1. The van der Waals surface area contributed by atoms with E-state index in [1.165, 1.54) is 0 Å². The Kier molecular flexibility index (Phi) is 6.09. The standard InChI is InChI=1S/C20H22BrF3N6O/c1-30-9-13(12-4-5-15(27-10-31)16(21)18(12)30)17-14(20(22,23)24)8-26-19(29-17)28-11-3-2-6-25-7-11/h4-5,8-11,19,25,28-29H,2-3,6-7H2,1H3,(H,27,31). The van der Waals surface area contributed by atoms with Crippen LogP contribution in [0.25, 0.3) is 16.6 Å². The summed E-state index contributed by atoms with van der Waals surface area (Å²) in [6.07, 6.45) is -0.209. The first-order valence-electron chi connectivity index (χ1n) is 9.85. The van der Waals surface area contributed by atoms with Crippen LogP contribution in [0.5, 0.6) is 0 Å². The molecule has 2 unspecified atom stereocenters. The maximum absolute atomic E-state index is 13.8. The molecule has 4 N–H and O–H groups in total. The molecule has 11 heteroatoms. The normalized spacial score (nSPS) is 22.0. The van der Waals surface area contributed by atoms with Crippen molar-refractivity contribution in [3.05, 3.63) is 33.9 Å². The molecule has 0 radical (unpaired) electrons. The van der Waals surface area contributed by atoms with Crippen LogP contribution in [0.4, 0.5) is 18.9 Å². The Morgan fingerprint density at radius 3 is 2.84 bits per heavy atom. The van der Waals surface area contributed by atoms with Crippen LogP contribution in [0.15, 0.2) is 33.4 Å². The Balaban J connectivity index is 1.76. The second-order valence-electron chi connectivity index (χ2n) is 7.56. The smallest absolute Gasteiger partial charge is 0.350 e. The van der Waals surface area contributed by atoms with Gasteiger partial charge in [-0.15, -0.1) is 0 Å². The number of aromatic nitrogens is 1. The molecule has 0 saturated carbocycles. The third-order valence-electron chi connectivity index (χ3n) is 5.46. The van der Waals surface area contributed by atoms with Crippen LogP contribution in [0.2, 0.25) is 0 Å². The largest absolute Gasteiger partial charge is 0.419 e. The van der Waals surface area contributed by atoms with Gasteiger partial charge in [0.15, 0.2) is 6.29 Å². The second-order valence-corrected chi connectivity index (χ2v) is 8.35. The number of hydrogen-bond acceptors (Lipinski definition) is 5. The third-order valence-corrected chi connectivity index (χ3v) is 6.27. The first-order chi connectivity index (χ1) is 14.8. The minimum Gasteiger partial charge on any atom is -0.350 e. The van der Waals surface area contributed by atoms with Crippen LogP contribution in [0.3, 0.4) is 0 Å². The number of piperidine rings is 1. The molecule has 1 aromatic heterocycles. The van der Waals surface area contributed by atoms with E-state index >= 15 is 0 Å². The molecule has 1 saturated heterocycles. The molecule has 1 amide bonds. The van der Waals surface area contributed by atoms with Gasteiger partial charge in [0.1, 0.15) is 0 Å². The highest BCUT2D eigenvalue weighted by Gasteiger charge is 2.39. The average molecular weight is 499 g/mol. The highest BCUT2D eigenvalue weighted by molar-refractivity contribution is 9.10. The van der Waals surface area contributed by atoms with Gasteiger partial charge in [-0.25, -0.2) is 0 Å². The quantitative estimate of drug-likeness (QED) is 0.477. The van der Waals surface area contributed by atoms with Crippen molar-refractivity contribution in [1.82, 2.24) is 20.5 Å². The zero-order valence-electron chi connectivity index (χ0n) is 16.7. The molecule has 4 rings (SSSR count). The van der Waals surface area contributed by atoms with Gasteiger partial charge in [-0.3, -0.25) is 15.1 Å². The number of halogens is 4. The fourth-order valence-corrected chi connectivity index (χ4v) is 4.77. The molecular formula is C20H22BrF3N6O. The van der Waals surface area contributed by atoms with Crippen LogP contribution >= 0.6 is 15.9 Å². The summed E-state index contributed by atoms with van der Waals surface area (Å²) in [5.41, 5.74) is 0.746. The number of amides is 1. The average Bonchev–Trinajstić information content (AvgIpc) is 3.07. The molecule has 2 atom stereocenters. The van der Waals surface area contributed by atoms with E-state index in [0.717, 1.165) is 32.1 Å². The number of nitrogens with one attached hydrogen (secondary N) is 4. The van der Waals surface area contributed by atoms with Gasteiger partial charge in [0.25, 0.3) is 0 Å². The molecule has 7 nitrogen and oxygen atoms in total. The number of alkyl halides is 3. The van der Waals surface area contributed by atoms with E-state index in [0.29, 0.717) is 33.0 Å². The van der Waals surface area contributed by atoms with Gasteiger partial charge in [-0.05, 0) is 41.4 Å². The molecule has 0 bridgehead atoms. The Morgan fingerprint density at radius 1 is 1.35 bits per heavy atom. The minimum atomic E-state index is -4.57. The summed E-state index contributed by atoms with van der Waals surface area (Å²) < 4.78 is 43.8.